The third-order valence-electron chi connectivity index (χ3n) is 2.76. The quantitative estimate of drug-likeness (QED) is 0.753. The van der Waals surface area contributed by atoms with E-state index in [-0.39, 0.29) is 11.6 Å². The Kier molecular flexibility index (Phi) is 3.11. The minimum atomic E-state index is -0.378. The van der Waals surface area contributed by atoms with Crippen LogP contribution in [0.25, 0.3) is 5.65 Å². The third-order valence-corrected chi connectivity index (χ3v) is 3.25. The predicted molar refractivity (Wildman–Crippen MR) is 77.9 cm³/mol. The molecule has 0 saturated carbocycles. The minimum Gasteiger partial charge on any atom is -0.322 e. The Balaban J connectivity index is 1.92. The van der Waals surface area contributed by atoms with E-state index in [9.17, 15) is 9.59 Å². The van der Waals surface area contributed by atoms with Crippen molar-refractivity contribution in [2.75, 3.05) is 5.32 Å². The van der Waals surface area contributed by atoms with E-state index >= 15 is 0 Å². The summed E-state index contributed by atoms with van der Waals surface area (Å²) in [6.07, 6.45) is 1.45. The van der Waals surface area contributed by atoms with Crippen molar-refractivity contribution in [1.82, 2.24) is 14.6 Å². The van der Waals surface area contributed by atoms with E-state index in [1.54, 1.807) is 24.3 Å². The summed E-state index contributed by atoms with van der Waals surface area (Å²) in [6, 6.07) is 10.5. The molecule has 0 unspecified atom stereocenters. The molecule has 7 heteroatoms. The van der Waals surface area contributed by atoms with E-state index in [1.807, 2.05) is 12.1 Å². The summed E-state index contributed by atoms with van der Waals surface area (Å²) in [6.45, 7) is 0. The molecule has 1 amide bonds. The second-order valence-corrected chi connectivity index (χ2v) is 5.05. The van der Waals surface area contributed by atoms with Crippen LogP contribution >= 0.6 is 15.9 Å². The first-order valence-electron chi connectivity index (χ1n) is 5.77. The summed E-state index contributed by atoms with van der Waals surface area (Å²) in [5.74, 6) is -0.293. The number of aromatic nitrogens is 3. The van der Waals surface area contributed by atoms with Crippen LogP contribution in [0.3, 0.4) is 0 Å². The van der Waals surface area contributed by atoms with Gasteiger partial charge in [0.15, 0.2) is 5.65 Å². The molecule has 0 aliphatic rings. The Morgan fingerprint density at radius 1 is 1.30 bits per heavy atom. The van der Waals surface area contributed by atoms with Gasteiger partial charge in [-0.15, -0.1) is 0 Å². The van der Waals surface area contributed by atoms with Crippen molar-refractivity contribution in [3.63, 3.8) is 0 Å². The standard InChI is InChI=1S/C13H9BrN4O2/c14-9-2-1-3-10(6-9)15-12(19)8-4-5-11-16-17-13(20)18(11)7-8/h1-7H,(H,15,19)(H,17,20). The van der Waals surface area contributed by atoms with Gasteiger partial charge in [-0.25, -0.2) is 14.3 Å². The van der Waals surface area contributed by atoms with E-state index < -0.39 is 0 Å². The number of anilines is 1. The highest BCUT2D eigenvalue weighted by molar-refractivity contribution is 9.10. The number of nitrogens with one attached hydrogen (secondary N) is 2. The summed E-state index contributed by atoms with van der Waals surface area (Å²) < 4.78 is 2.16. The minimum absolute atomic E-state index is 0.293. The summed E-state index contributed by atoms with van der Waals surface area (Å²) in [5.41, 5.74) is 1.14. The van der Waals surface area contributed by atoms with E-state index in [2.05, 4.69) is 31.4 Å². The molecule has 2 aromatic heterocycles. The lowest BCUT2D eigenvalue weighted by Crippen LogP contribution is -2.15. The second-order valence-electron chi connectivity index (χ2n) is 4.14. The smallest absolute Gasteiger partial charge is 0.322 e. The number of amides is 1. The Morgan fingerprint density at radius 3 is 2.95 bits per heavy atom. The zero-order chi connectivity index (χ0) is 14.1. The van der Waals surface area contributed by atoms with Gasteiger partial charge in [-0.2, -0.15) is 5.10 Å². The van der Waals surface area contributed by atoms with Crippen LogP contribution in [0.15, 0.2) is 51.9 Å². The number of carbonyl (C=O) groups excluding carboxylic acids is 1. The van der Waals surface area contributed by atoms with Crippen LogP contribution in [-0.4, -0.2) is 20.5 Å². The average Bonchev–Trinajstić information content (AvgIpc) is 2.80. The van der Waals surface area contributed by atoms with Crippen molar-refractivity contribution in [2.45, 2.75) is 0 Å². The summed E-state index contributed by atoms with van der Waals surface area (Å²) >= 11 is 3.34. The zero-order valence-corrected chi connectivity index (χ0v) is 11.7. The van der Waals surface area contributed by atoms with Crippen molar-refractivity contribution in [2.24, 2.45) is 0 Å². The van der Waals surface area contributed by atoms with Crippen LogP contribution in [0.2, 0.25) is 0 Å². The van der Waals surface area contributed by atoms with Gasteiger partial charge in [-0.05, 0) is 30.3 Å². The van der Waals surface area contributed by atoms with Crippen LogP contribution in [0.1, 0.15) is 10.4 Å². The van der Waals surface area contributed by atoms with Crippen LogP contribution in [-0.2, 0) is 0 Å². The van der Waals surface area contributed by atoms with Gasteiger partial charge in [0, 0.05) is 16.4 Å². The first-order valence-corrected chi connectivity index (χ1v) is 6.56. The maximum Gasteiger partial charge on any atom is 0.347 e. The Labute approximate surface area is 121 Å². The highest BCUT2D eigenvalue weighted by atomic mass is 79.9. The van der Waals surface area contributed by atoms with Gasteiger partial charge in [0.1, 0.15) is 0 Å². The third kappa shape index (κ3) is 2.35. The highest BCUT2D eigenvalue weighted by Gasteiger charge is 2.09. The molecule has 20 heavy (non-hydrogen) atoms. The van der Waals surface area contributed by atoms with E-state index in [0.717, 1.165) is 4.47 Å². The molecule has 2 heterocycles. The van der Waals surface area contributed by atoms with Crippen molar-refractivity contribution >= 4 is 33.2 Å². The molecule has 0 atom stereocenters. The van der Waals surface area contributed by atoms with Crippen LogP contribution in [0.4, 0.5) is 5.69 Å². The normalized spacial score (nSPS) is 10.7. The Hall–Kier alpha value is -2.41. The fourth-order valence-corrected chi connectivity index (χ4v) is 2.21. The van der Waals surface area contributed by atoms with Gasteiger partial charge in [-0.3, -0.25) is 4.79 Å². The van der Waals surface area contributed by atoms with Crippen molar-refractivity contribution in [3.8, 4) is 0 Å². The fraction of sp³-hybridized carbons (Fsp3) is 0. The number of nitrogens with zero attached hydrogens (tertiary/aromatic N) is 2. The van der Waals surface area contributed by atoms with Gasteiger partial charge < -0.3 is 5.32 Å². The van der Waals surface area contributed by atoms with Gasteiger partial charge in [0.05, 0.1) is 5.56 Å². The molecule has 100 valence electrons. The SMILES string of the molecule is O=C(Nc1cccc(Br)c1)c1ccc2n[nH]c(=O)n2c1. The van der Waals surface area contributed by atoms with Crippen molar-refractivity contribution < 1.29 is 4.79 Å². The summed E-state index contributed by atoms with van der Waals surface area (Å²) in [7, 11) is 0. The molecule has 0 aliphatic heterocycles. The van der Waals surface area contributed by atoms with Crippen molar-refractivity contribution in [3.05, 3.63) is 63.1 Å². The number of H-pyrrole nitrogens is 1. The first kappa shape index (κ1) is 12.6. The van der Waals surface area contributed by atoms with E-state index in [4.69, 9.17) is 0 Å². The first-order chi connectivity index (χ1) is 9.63. The second kappa shape index (κ2) is 4.93. The topological polar surface area (TPSA) is 79.3 Å². The lowest BCUT2D eigenvalue weighted by Gasteiger charge is -2.05. The molecule has 0 bridgehead atoms. The number of rotatable bonds is 2. The molecular weight excluding hydrogens is 324 g/mol. The number of carbonyl (C=O) groups is 1. The number of hydrogen-bond donors (Lipinski definition) is 2. The molecular formula is C13H9BrN4O2. The molecule has 2 N–H and O–H groups in total. The summed E-state index contributed by atoms with van der Waals surface area (Å²) in [4.78, 5) is 23.6. The Morgan fingerprint density at radius 2 is 2.15 bits per heavy atom. The maximum atomic E-state index is 12.1. The monoisotopic (exact) mass is 332 g/mol. The van der Waals surface area contributed by atoms with Gasteiger partial charge >= 0.3 is 5.69 Å². The van der Waals surface area contributed by atoms with E-state index in [1.165, 1.54) is 10.6 Å². The molecule has 0 spiro atoms. The zero-order valence-electron chi connectivity index (χ0n) is 10.1. The number of halogens is 1. The average molecular weight is 333 g/mol. The number of fused-ring (bicyclic) bond motifs is 1. The number of aromatic amines is 1. The van der Waals surface area contributed by atoms with E-state index in [0.29, 0.717) is 16.9 Å². The molecule has 0 radical (unpaired) electrons. The highest BCUT2D eigenvalue weighted by Crippen LogP contribution is 2.16. The number of benzene rings is 1. The largest absolute Gasteiger partial charge is 0.347 e. The lowest BCUT2D eigenvalue weighted by molar-refractivity contribution is 0.102. The molecule has 0 saturated heterocycles. The lowest BCUT2D eigenvalue weighted by atomic mass is 10.2. The van der Waals surface area contributed by atoms with Crippen LogP contribution < -0.4 is 11.0 Å². The molecule has 0 aliphatic carbocycles. The molecule has 6 nitrogen and oxygen atoms in total. The van der Waals surface area contributed by atoms with Crippen LogP contribution in [0, 0.1) is 0 Å². The van der Waals surface area contributed by atoms with Crippen LogP contribution in [0.5, 0.6) is 0 Å². The number of pyridine rings is 1. The van der Waals surface area contributed by atoms with Crippen molar-refractivity contribution in [1.29, 1.82) is 0 Å². The van der Waals surface area contributed by atoms with Gasteiger partial charge in [0.25, 0.3) is 5.91 Å². The number of hydrogen-bond acceptors (Lipinski definition) is 3. The molecule has 3 aromatic rings. The molecule has 0 fully saturated rings. The van der Waals surface area contributed by atoms with Gasteiger partial charge in [0.2, 0.25) is 0 Å². The molecule has 3 rings (SSSR count). The fourth-order valence-electron chi connectivity index (χ4n) is 1.81. The molecule has 1 aromatic carbocycles. The Bertz CT molecular complexity index is 853. The summed E-state index contributed by atoms with van der Waals surface area (Å²) in [5, 5.41) is 8.88. The predicted octanol–water partition coefficient (Wildman–Crippen LogP) is 2.04. The maximum absolute atomic E-state index is 12.1. The van der Waals surface area contributed by atoms with Gasteiger partial charge in [-0.1, -0.05) is 22.0 Å².